The lowest BCUT2D eigenvalue weighted by Gasteiger charge is -2.71. The summed E-state index contributed by atoms with van der Waals surface area (Å²) in [7, 11) is 1.54. The van der Waals surface area contributed by atoms with Crippen molar-refractivity contribution < 1.29 is 29.3 Å². The highest BCUT2D eigenvalue weighted by molar-refractivity contribution is 6.00. The molecule has 53 heavy (non-hydrogen) atoms. The van der Waals surface area contributed by atoms with Gasteiger partial charge >= 0.3 is 5.97 Å². The van der Waals surface area contributed by atoms with E-state index in [0.717, 1.165) is 69.1 Å². The van der Waals surface area contributed by atoms with Crippen LogP contribution in [-0.2, 0) is 25.7 Å². The summed E-state index contributed by atoms with van der Waals surface area (Å²) in [5, 5.41) is 30.3. The van der Waals surface area contributed by atoms with E-state index in [-0.39, 0.29) is 77.3 Å². The summed E-state index contributed by atoms with van der Waals surface area (Å²) < 4.78 is 6.66. The van der Waals surface area contributed by atoms with E-state index >= 15 is 0 Å². The van der Waals surface area contributed by atoms with E-state index in [4.69, 9.17) is 4.74 Å². The van der Waals surface area contributed by atoms with Crippen LogP contribution in [0.5, 0.6) is 0 Å². The Labute approximate surface area is 322 Å². The molecule has 1 heterocycles. The zero-order valence-corrected chi connectivity index (χ0v) is 34.1. The van der Waals surface area contributed by atoms with E-state index < -0.39 is 17.5 Å². The molecule has 0 aromatic carbocycles. The molecule has 4 fully saturated rings. The number of hydrogen-bond acceptors (Lipinski definition) is 7. The fourth-order valence-corrected chi connectivity index (χ4v) is 13.3. The van der Waals surface area contributed by atoms with Gasteiger partial charge in [0, 0.05) is 32.0 Å². The molecule has 294 valence electrons. The van der Waals surface area contributed by atoms with Gasteiger partial charge in [-0.2, -0.15) is 0 Å². The van der Waals surface area contributed by atoms with E-state index in [9.17, 15) is 24.6 Å². The fourth-order valence-electron chi connectivity index (χ4n) is 13.3. The highest BCUT2D eigenvalue weighted by Gasteiger charge is 2.70. The van der Waals surface area contributed by atoms with E-state index in [1.807, 2.05) is 4.90 Å². The molecule has 4 saturated carbocycles. The van der Waals surface area contributed by atoms with Crippen LogP contribution in [0.1, 0.15) is 118 Å². The molecule has 1 amide bonds. The van der Waals surface area contributed by atoms with Crippen molar-refractivity contribution in [3.8, 4) is 0 Å². The molecule has 1 aromatic rings. The Morgan fingerprint density at radius 2 is 1.74 bits per heavy atom. The van der Waals surface area contributed by atoms with Crippen LogP contribution in [0.3, 0.4) is 0 Å². The second-order valence-electron chi connectivity index (χ2n) is 19.3. The standard InChI is InChI=1S/C42H62N4O6.ClH/c1-25(2)36-30(47)19-42(33(48)22-45(20-26-9-10-26)34(49)24-52-8)18-17-40(6)28(37(36)42)11-12-32-39(5)15-13-27(29-21-46(44-43-29)23-35(50)51)38(3,4)31(39)14-16-41(32,40)7;/h13,21,25-26,28,31-33,48H,9-12,14-20,22-24H2,1-8H3,(H,50,51);1H/t28-,31+,32-,33+,39+,40-,41-,42+;/m1./s1. The molecule has 0 radical (unpaired) electrons. The van der Waals surface area contributed by atoms with Crippen molar-refractivity contribution in [1.29, 1.82) is 0 Å². The predicted octanol–water partition coefficient (Wildman–Crippen LogP) is 7.00. The molecule has 11 heteroatoms. The first-order valence-electron chi connectivity index (χ1n) is 20.0. The number of carboxylic acid groups (broad SMARTS) is 1. The van der Waals surface area contributed by atoms with Crippen LogP contribution < -0.4 is 0 Å². The number of carboxylic acids is 1. The number of amides is 1. The third-order valence-electron chi connectivity index (χ3n) is 16.0. The summed E-state index contributed by atoms with van der Waals surface area (Å²) >= 11 is 0. The average Bonchev–Trinajstić information content (AvgIpc) is 3.67. The van der Waals surface area contributed by atoms with E-state index in [0.29, 0.717) is 30.7 Å². The van der Waals surface area contributed by atoms with Gasteiger partial charge in [0.2, 0.25) is 5.91 Å². The van der Waals surface area contributed by atoms with Crippen molar-refractivity contribution in [2.75, 3.05) is 26.8 Å². The number of Topliss-reactive ketones (excluding diaryl/α,β-unsaturated/α-hetero) is 1. The van der Waals surface area contributed by atoms with Crippen LogP contribution in [-0.4, -0.2) is 80.7 Å². The van der Waals surface area contributed by atoms with E-state index in [1.54, 1.807) is 13.3 Å². The van der Waals surface area contributed by atoms with Crippen LogP contribution >= 0.6 is 12.4 Å². The van der Waals surface area contributed by atoms with Crippen LogP contribution in [0.15, 0.2) is 23.4 Å². The number of ketones is 1. The topological polar surface area (TPSA) is 135 Å². The Kier molecular flexibility index (Phi) is 10.5. The molecule has 0 aliphatic heterocycles. The van der Waals surface area contributed by atoms with Crippen LogP contribution in [0.25, 0.3) is 5.57 Å². The number of carbonyl (C=O) groups excluding carboxylic acids is 2. The molecule has 10 nitrogen and oxygen atoms in total. The number of aliphatic hydroxyl groups is 1. The van der Waals surface area contributed by atoms with Crippen molar-refractivity contribution in [3.05, 3.63) is 29.1 Å². The van der Waals surface area contributed by atoms with Gasteiger partial charge in [-0.1, -0.05) is 65.3 Å². The lowest BCUT2D eigenvalue weighted by atomic mass is 9.33. The highest BCUT2D eigenvalue weighted by Crippen LogP contribution is 2.77. The van der Waals surface area contributed by atoms with Gasteiger partial charge in [-0.05, 0) is 120 Å². The summed E-state index contributed by atoms with van der Waals surface area (Å²) in [5.41, 5.74) is 3.39. The van der Waals surface area contributed by atoms with Crippen molar-refractivity contribution in [1.82, 2.24) is 19.9 Å². The molecule has 1 aromatic heterocycles. The van der Waals surface area contributed by atoms with Crippen molar-refractivity contribution in [2.45, 2.75) is 125 Å². The monoisotopic (exact) mass is 754 g/mol. The lowest BCUT2D eigenvalue weighted by molar-refractivity contribution is -0.200. The number of hydrogen-bond donors (Lipinski definition) is 2. The Hall–Kier alpha value is -2.56. The second kappa shape index (κ2) is 13.9. The lowest BCUT2D eigenvalue weighted by Crippen LogP contribution is -2.64. The van der Waals surface area contributed by atoms with Gasteiger partial charge in [0.05, 0.1) is 12.3 Å². The molecule has 0 unspecified atom stereocenters. The zero-order chi connectivity index (χ0) is 37.6. The zero-order valence-electron chi connectivity index (χ0n) is 33.2. The SMILES string of the molecule is COCC(=O)N(CC1CC1)C[C@H](O)[C@@]12CC[C@]3(C)[C@H](CC[C@@H]4[C@@]5(C)CC=C(c6cn(CC(=O)O)nn6)C(C)(C)[C@@H]5CC[C@]43C)C1=C(C(C)C)C(=O)C2.Cl. The number of nitrogens with zero attached hydrogens (tertiary/aromatic N) is 4. The molecular weight excluding hydrogens is 692 g/mol. The van der Waals surface area contributed by atoms with Crippen LogP contribution in [0, 0.1) is 56.7 Å². The van der Waals surface area contributed by atoms with Gasteiger partial charge in [-0.25, -0.2) is 4.68 Å². The number of ether oxygens (including phenoxy) is 1. The maximum atomic E-state index is 14.1. The molecule has 6 aliphatic carbocycles. The maximum absolute atomic E-state index is 14.1. The Bertz CT molecular complexity index is 1700. The van der Waals surface area contributed by atoms with Gasteiger partial charge in [-0.3, -0.25) is 14.4 Å². The number of carbonyl (C=O) groups is 3. The number of halogens is 1. The first-order chi connectivity index (χ1) is 24.4. The summed E-state index contributed by atoms with van der Waals surface area (Å²) in [6, 6.07) is 0. The van der Waals surface area contributed by atoms with Crippen LogP contribution in [0.2, 0.25) is 0 Å². The normalized spacial score (nSPS) is 36.5. The number of methoxy groups -OCH3 is 1. The summed E-state index contributed by atoms with van der Waals surface area (Å²) in [6.07, 6.45) is 12.8. The summed E-state index contributed by atoms with van der Waals surface area (Å²) in [6.45, 7) is 17.3. The number of fused-ring (bicyclic) bond motifs is 7. The van der Waals surface area contributed by atoms with Crippen molar-refractivity contribution in [2.24, 2.45) is 56.7 Å². The summed E-state index contributed by atoms with van der Waals surface area (Å²) in [5.74, 6) is 0.856. The average molecular weight is 755 g/mol. The first-order valence-corrected chi connectivity index (χ1v) is 20.0. The molecule has 0 bridgehead atoms. The van der Waals surface area contributed by atoms with Crippen LogP contribution in [0.4, 0.5) is 0 Å². The minimum Gasteiger partial charge on any atom is -0.480 e. The highest BCUT2D eigenvalue weighted by atomic mass is 35.5. The summed E-state index contributed by atoms with van der Waals surface area (Å²) in [4.78, 5) is 40.6. The molecule has 0 saturated heterocycles. The number of aliphatic carboxylic acids is 1. The Morgan fingerprint density at radius 1 is 1.02 bits per heavy atom. The Balaban J connectivity index is 0.00000481. The number of rotatable bonds is 11. The van der Waals surface area contributed by atoms with Gasteiger partial charge in [0.15, 0.2) is 5.78 Å². The fraction of sp³-hybridized carbons (Fsp3) is 0.786. The van der Waals surface area contributed by atoms with Gasteiger partial charge < -0.3 is 19.8 Å². The first kappa shape index (κ1) is 40.1. The number of allylic oxidation sites excluding steroid dienone is 3. The van der Waals surface area contributed by atoms with Crippen molar-refractivity contribution in [3.63, 3.8) is 0 Å². The number of aliphatic hydroxyl groups excluding tert-OH is 1. The Morgan fingerprint density at radius 3 is 2.38 bits per heavy atom. The molecule has 8 atom stereocenters. The molecule has 7 rings (SSSR count). The van der Waals surface area contributed by atoms with Gasteiger partial charge in [0.25, 0.3) is 0 Å². The third-order valence-corrected chi connectivity index (χ3v) is 16.0. The molecular formula is C42H63ClN4O6. The van der Waals surface area contributed by atoms with Gasteiger partial charge in [0.1, 0.15) is 18.8 Å². The second-order valence-corrected chi connectivity index (χ2v) is 19.3. The molecule has 0 spiro atoms. The quantitative estimate of drug-likeness (QED) is 0.247. The van der Waals surface area contributed by atoms with Gasteiger partial charge in [-0.15, -0.1) is 17.5 Å². The third kappa shape index (κ3) is 6.16. The van der Waals surface area contributed by atoms with E-state index in [2.05, 4.69) is 64.9 Å². The smallest absolute Gasteiger partial charge is 0.325 e. The largest absolute Gasteiger partial charge is 0.480 e. The molecule has 6 aliphatic rings. The molecule has 2 N–H and O–H groups in total. The maximum Gasteiger partial charge on any atom is 0.325 e. The minimum absolute atomic E-state index is 0. The van der Waals surface area contributed by atoms with E-state index in [1.165, 1.54) is 15.8 Å². The minimum atomic E-state index is -0.933. The van der Waals surface area contributed by atoms with Crippen molar-refractivity contribution >= 4 is 35.6 Å². The predicted molar refractivity (Wildman–Crippen MR) is 205 cm³/mol. The number of aromatic nitrogens is 3.